The first-order valence-corrected chi connectivity index (χ1v) is 9.70. The highest BCUT2D eigenvalue weighted by Crippen LogP contribution is 2.18. The lowest BCUT2D eigenvalue weighted by molar-refractivity contribution is 0.599. The smallest absolute Gasteiger partial charge is 0.191 e. The molecular formula is C14H20BrFIN3O2S. The molecule has 1 heterocycles. The maximum Gasteiger partial charge on any atom is 0.191 e. The molecule has 0 amide bonds. The Labute approximate surface area is 161 Å². The van der Waals surface area contributed by atoms with Crippen molar-refractivity contribution in [1.82, 2.24) is 10.6 Å². The topological polar surface area (TPSA) is 70.6 Å². The summed E-state index contributed by atoms with van der Waals surface area (Å²) < 4.78 is 37.0. The quantitative estimate of drug-likeness (QED) is 0.364. The van der Waals surface area contributed by atoms with Gasteiger partial charge in [-0.2, -0.15) is 0 Å². The maximum absolute atomic E-state index is 13.3. The fourth-order valence-electron chi connectivity index (χ4n) is 2.25. The molecule has 130 valence electrons. The highest BCUT2D eigenvalue weighted by atomic mass is 127. The van der Waals surface area contributed by atoms with E-state index in [0.29, 0.717) is 25.5 Å². The highest BCUT2D eigenvalue weighted by molar-refractivity contribution is 14.0. The molecule has 1 fully saturated rings. The maximum atomic E-state index is 13.3. The second-order valence-electron chi connectivity index (χ2n) is 5.18. The van der Waals surface area contributed by atoms with Crippen molar-refractivity contribution in [3.8, 4) is 0 Å². The zero-order valence-corrected chi connectivity index (χ0v) is 17.4. The summed E-state index contributed by atoms with van der Waals surface area (Å²) >= 11 is 3.37. The van der Waals surface area contributed by atoms with Gasteiger partial charge in [-0.25, -0.2) is 17.8 Å². The van der Waals surface area contributed by atoms with E-state index in [4.69, 9.17) is 0 Å². The summed E-state index contributed by atoms with van der Waals surface area (Å²) in [5.74, 6) is 0.564. The summed E-state index contributed by atoms with van der Waals surface area (Å²) in [7, 11) is -2.94. The number of rotatable bonds is 4. The molecule has 1 aromatic rings. The van der Waals surface area contributed by atoms with Crippen molar-refractivity contribution < 1.29 is 12.8 Å². The lowest BCUT2D eigenvalue weighted by atomic mass is 10.2. The van der Waals surface area contributed by atoms with E-state index in [1.807, 2.05) is 6.92 Å². The molecule has 0 saturated carbocycles. The Bertz CT molecular complexity index is 670. The van der Waals surface area contributed by atoms with Crippen LogP contribution in [0.3, 0.4) is 0 Å². The van der Waals surface area contributed by atoms with Crippen molar-refractivity contribution in [2.75, 3.05) is 18.1 Å². The van der Waals surface area contributed by atoms with E-state index in [0.717, 1.165) is 10.0 Å². The van der Waals surface area contributed by atoms with Crippen LogP contribution in [-0.2, 0) is 16.4 Å². The van der Waals surface area contributed by atoms with Crippen molar-refractivity contribution >= 4 is 55.7 Å². The van der Waals surface area contributed by atoms with Gasteiger partial charge in [0.15, 0.2) is 15.8 Å². The highest BCUT2D eigenvalue weighted by Gasteiger charge is 2.28. The lowest BCUT2D eigenvalue weighted by Gasteiger charge is -2.16. The Morgan fingerprint density at radius 2 is 2.22 bits per heavy atom. The standard InChI is InChI=1S/C14H19BrFN3O2S.HI/c1-2-17-14(19-12-5-6-22(20,21)9-12)18-8-10-7-11(16)3-4-13(10)15;/h3-4,7,12H,2,5-6,8-9H2,1H3,(H2,17,18,19);1H. The zero-order chi connectivity index (χ0) is 16.2. The van der Waals surface area contributed by atoms with Crippen molar-refractivity contribution in [3.63, 3.8) is 0 Å². The van der Waals surface area contributed by atoms with Gasteiger partial charge in [-0.3, -0.25) is 0 Å². The number of benzene rings is 1. The number of guanidine groups is 1. The van der Waals surface area contributed by atoms with Gasteiger partial charge in [-0.15, -0.1) is 24.0 Å². The number of hydrogen-bond donors (Lipinski definition) is 2. The summed E-state index contributed by atoms with van der Waals surface area (Å²) in [6, 6.07) is 4.32. The van der Waals surface area contributed by atoms with Crippen molar-refractivity contribution in [2.24, 2.45) is 4.99 Å². The van der Waals surface area contributed by atoms with Gasteiger partial charge in [0, 0.05) is 17.1 Å². The minimum atomic E-state index is -2.94. The molecule has 23 heavy (non-hydrogen) atoms. The molecule has 1 unspecified atom stereocenters. The summed E-state index contributed by atoms with van der Waals surface area (Å²) in [6.07, 6.45) is 0.580. The monoisotopic (exact) mass is 519 g/mol. The van der Waals surface area contributed by atoms with E-state index in [-0.39, 0.29) is 47.3 Å². The third-order valence-corrected chi connectivity index (χ3v) is 5.87. The molecule has 1 aliphatic rings. The molecule has 0 bridgehead atoms. The van der Waals surface area contributed by atoms with Gasteiger partial charge < -0.3 is 10.6 Å². The van der Waals surface area contributed by atoms with Crippen LogP contribution in [0.4, 0.5) is 4.39 Å². The predicted molar refractivity (Wildman–Crippen MR) is 105 cm³/mol. The first kappa shape index (κ1) is 20.6. The molecule has 5 nitrogen and oxygen atoms in total. The average molecular weight is 520 g/mol. The average Bonchev–Trinajstić information content (AvgIpc) is 2.79. The van der Waals surface area contributed by atoms with Gasteiger partial charge in [0.1, 0.15) is 5.82 Å². The van der Waals surface area contributed by atoms with Crippen molar-refractivity contribution in [3.05, 3.63) is 34.1 Å². The molecular weight excluding hydrogens is 500 g/mol. The number of nitrogens with one attached hydrogen (secondary N) is 2. The summed E-state index contributed by atoms with van der Waals surface area (Å²) in [5.41, 5.74) is 0.733. The van der Waals surface area contributed by atoms with Crippen molar-refractivity contribution in [1.29, 1.82) is 0 Å². The number of nitrogens with zero attached hydrogens (tertiary/aromatic N) is 1. The minimum absolute atomic E-state index is 0. The van der Waals surface area contributed by atoms with Gasteiger partial charge in [-0.05, 0) is 37.1 Å². The molecule has 0 aromatic heterocycles. The largest absolute Gasteiger partial charge is 0.357 e. The van der Waals surface area contributed by atoms with E-state index in [9.17, 15) is 12.8 Å². The first-order valence-electron chi connectivity index (χ1n) is 7.09. The second-order valence-corrected chi connectivity index (χ2v) is 8.26. The van der Waals surface area contributed by atoms with Crippen LogP contribution in [0.25, 0.3) is 0 Å². The Balaban J connectivity index is 0.00000264. The Kier molecular flexibility index (Phi) is 8.22. The SMILES string of the molecule is CCNC(=NCc1cc(F)ccc1Br)NC1CCS(=O)(=O)C1.I. The zero-order valence-electron chi connectivity index (χ0n) is 12.7. The molecule has 2 rings (SSSR count). The Morgan fingerprint density at radius 3 is 2.83 bits per heavy atom. The summed E-state index contributed by atoms with van der Waals surface area (Å²) in [5, 5.41) is 6.20. The first-order chi connectivity index (χ1) is 10.4. The summed E-state index contributed by atoms with van der Waals surface area (Å²) in [6.45, 7) is 2.89. The van der Waals surface area contributed by atoms with Crippen LogP contribution in [0, 0.1) is 5.82 Å². The van der Waals surface area contributed by atoms with Crippen LogP contribution in [0.1, 0.15) is 18.9 Å². The van der Waals surface area contributed by atoms with Crippen LogP contribution < -0.4 is 10.6 Å². The molecule has 1 aromatic carbocycles. The molecule has 1 saturated heterocycles. The predicted octanol–water partition coefficient (Wildman–Crippen LogP) is 2.45. The van der Waals surface area contributed by atoms with E-state index in [2.05, 4.69) is 31.6 Å². The Hall–Kier alpha value is -0.420. The molecule has 2 N–H and O–H groups in total. The van der Waals surface area contributed by atoms with Gasteiger partial charge in [0.2, 0.25) is 0 Å². The van der Waals surface area contributed by atoms with Crippen LogP contribution >= 0.6 is 39.9 Å². The van der Waals surface area contributed by atoms with Gasteiger partial charge in [-0.1, -0.05) is 15.9 Å². The lowest BCUT2D eigenvalue weighted by Crippen LogP contribution is -2.44. The number of aliphatic imine (C=N–C) groups is 1. The van der Waals surface area contributed by atoms with E-state index >= 15 is 0 Å². The number of sulfone groups is 1. The van der Waals surface area contributed by atoms with Gasteiger partial charge >= 0.3 is 0 Å². The Morgan fingerprint density at radius 1 is 1.48 bits per heavy atom. The molecule has 1 atom stereocenters. The third-order valence-electron chi connectivity index (χ3n) is 3.33. The molecule has 0 radical (unpaired) electrons. The minimum Gasteiger partial charge on any atom is -0.357 e. The number of hydrogen-bond acceptors (Lipinski definition) is 3. The van der Waals surface area contributed by atoms with E-state index < -0.39 is 9.84 Å². The second kappa shape index (κ2) is 9.16. The summed E-state index contributed by atoms with van der Waals surface area (Å²) in [4.78, 5) is 4.40. The van der Waals surface area contributed by atoms with E-state index in [1.54, 1.807) is 6.07 Å². The van der Waals surface area contributed by atoms with Crippen LogP contribution in [0.2, 0.25) is 0 Å². The van der Waals surface area contributed by atoms with Crippen molar-refractivity contribution in [2.45, 2.75) is 25.9 Å². The van der Waals surface area contributed by atoms with Gasteiger partial charge in [0.05, 0.1) is 18.1 Å². The van der Waals surface area contributed by atoms with Crippen LogP contribution in [0.5, 0.6) is 0 Å². The third kappa shape index (κ3) is 6.54. The molecule has 0 spiro atoms. The van der Waals surface area contributed by atoms with E-state index in [1.165, 1.54) is 12.1 Å². The normalized spacial score (nSPS) is 20.0. The van der Waals surface area contributed by atoms with Gasteiger partial charge in [0.25, 0.3) is 0 Å². The van der Waals surface area contributed by atoms with Crippen LogP contribution in [-0.4, -0.2) is 38.5 Å². The fourth-order valence-corrected chi connectivity index (χ4v) is 4.30. The number of halogens is 3. The van der Waals surface area contributed by atoms with Crippen LogP contribution in [0.15, 0.2) is 27.7 Å². The molecule has 0 aliphatic carbocycles. The fraction of sp³-hybridized carbons (Fsp3) is 0.500. The molecule has 9 heteroatoms. The molecule has 1 aliphatic heterocycles.